The number of hydrogen-bond acceptors (Lipinski definition) is 1. The number of hydrogen-bond donors (Lipinski definition) is 0. The van der Waals surface area contributed by atoms with Crippen LogP contribution in [0.3, 0.4) is 0 Å². The average Bonchev–Trinajstić information content (AvgIpc) is 2.28. The van der Waals surface area contributed by atoms with Crippen molar-refractivity contribution in [2.24, 2.45) is 0 Å². The first-order valence-corrected chi connectivity index (χ1v) is 5.88. The minimum absolute atomic E-state index is 0.0851. The predicted octanol–water partition coefficient (Wildman–Crippen LogP) is 3.73. The molecule has 0 aliphatic carbocycles. The van der Waals surface area contributed by atoms with Gasteiger partial charge in [0.1, 0.15) is 4.60 Å². The Kier molecular flexibility index (Phi) is 3.23. The Labute approximate surface area is 96.0 Å². The second-order valence-electron chi connectivity index (χ2n) is 4.02. The molecule has 0 aromatic carbocycles. The van der Waals surface area contributed by atoms with Gasteiger partial charge in [-0.15, -0.1) is 0 Å². The van der Waals surface area contributed by atoms with Gasteiger partial charge >= 0.3 is 0 Å². The highest BCUT2D eigenvalue weighted by molar-refractivity contribution is 9.13. The van der Waals surface area contributed by atoms with Crippen LogP contribution in [0.2, 0.25) is 0 Å². The Balaban J connectivity index is 3.25. The number of rotatable bonds is 1. The van der Waals surface area contributed by atoms with Crippen LogP contribution in [0.1, 0.15) is 33.4 Å². The molecule has 0 unspecified atom stereocenters. The summed E-state index contributed by atoms with van der Waals surface area (Å²) in [5, 5.41) is 4.52. The van der Waals surface area contributed by atoms with Gasteiger partial charge in [0.2, 0.25) is 0 Å². The first-order chi connectivity index (χ1) is 5.88. The average molecular weight is 310 g/mol. The minimum Gasteiger partial charge on any atom is -0.257 e. The lowest BCUT2D eigenvalue weighted by atomic mass is 9.93. The summed E-state index contributed by atoms with van der Waals surface area (Å²) in [6.07, 6.45) is 0. The Morgan fingerprint density at radius 1 is 1.31 bits per heavy atom. The van der Waals surface area contributed by atoms with Crippen molar-refractivity contribution in [2.75, 3.05) is 0 Å². The van der Waals surface area contributed by atoms with E-state index >= 15 is 0 Å². The molecule has 4 heteroatoms. The first-order valence-electron chi connectivity index (χ1n) is 4.30. The molecule has 0 atom stereocenters. The summed E-state index contributed by atoms with van der Waals surface area (Å²) >= 11 is 7.05. The van der Waals surface area contributed by atoms with Crippen LogP contribution in [0.15, 0.2) is 9.08 Å². The predicted molar refractivity (Wildman–Crippen MR) is 62.0 cm³/mol. The van der Waals surface area contributed by atoms with Crippen LogP contribution in [0.5, 0.6) is 0 Å². The second kappa shape index (κ2) is 3.73. The standard InChI is InChI=1S/C9H14Br2N2/c1-5-13-8(11)6(10)7(12-13)9(2,3)4/h5H2,1-4H3. The number of aromatic nitrogens is 2. The van der Waals surface area contributed by atoms with E-state index in [1.807, 2.05) is 4.68 Å². The Bertz CT molecular complexity index is 310. The topological polar surface area (TPSA) is 17.8 Å². The molecule has 0 amide bonds. The van der Waals surface area contributed by atoms with Crippen LogP contribution in [-0.4, -0.2) is 9.78 Å². The molecule has 0 spiro atoms. The van der Waals surface area contributed by atoms with E-state index < -0.39 is 0 Å². The van der Waals surface area contributed by atoms with Gasteiger partial charge in [0, 0.05) is 12.0 Å². The third-order valence-corrected chi connectivity index (χ3v) is 3.94. The van der Waals surface area contributed by atoms with Gasteiger partial charge in [0.25, 0.3) is 0 Å². The number of halogens is 2. The molecule has 0 bridgehead atoms. The lowest BCUT2D eigenvalue weighted by molar-refractivity contribution is 0.537. The third kappa shape index (κ3) is 2.15. The zero-order valence-electron chi connectivity index (χ0n) is 8.36. The van der Waals surface area contributed by atoms with Gasteiger partial charge in [-0.3, -0.25) is 4.68 Å². The van der Waals surface area contributed by atoms with Gasteiger partial charge < -0.3 is 0 Å². The maximum Gasteiger partial charge on any atom is 0.118 e. The van der Waals surface area contributed by atoms with E-state index in [1.54, 1.807) is 0 Å². The Morgan fingerprint density at radius 3 is 2.08 bits per heavy atom. The molecule has 0 saturated heterocycles. The Hall–Kier alpha value is 0.170. The molecule has 1 aromatic heterocycles. The molecule has 0 radical (unpaired) electrons. The molecular weight excluding hydrogens is 296 g/mol. The van der Waals surface area contributed by atoms with Crippen LogP contribution < -0.4 is 0 Å². The molecule has 0 aliphatic heterocycles. The van der Waals surface area contributed by atoms with Gasteiger partial charge in [-0.1, -0.05) is 20.8 Å². The monoisotopic (exact) mass is 308 g/mol. The molecule has 1 heterocycles. The second-order valence-corrected chi connectivity index (χ2v) is 5.56. The highest BCUT2D eigenvalue weighted by Crippen LogP contribution is 2.34. The van der Waals surface area contributed by atoms with E-state index in [2.05, 4.69) is 64.7 Å². The van der Waals surface area contributed by atoms with Crippen molar-refractivity contribution in [1.82, 2.24) is 9.78 Å². The molecule has 2 nitrogen and oxygen atoms in total. The highest BCUT2D eigenvalue weighted by Gasteiger charge is 2.23. The summed E-state index contributed by atoms with van der Waals surface area (Å²) in [5.41, 5.74) is 1.18. The largest absolute Gasteiger partial charge is 0.257 e. The van der Waals surface area contributed by atoms with Crippen LogP contribution in [0, 0.1) is 0 Å². The van der Waals surface area contributed by atoms with E-state index in [0.717, 1.165) is 21.3 Å². The van der Waals surface area contributed by atoms with Crippen molar-refractivity contribution >= 4 is 31.9 Å². The quantitative estimate of drug-likeness (QED) is 0.773. The number of nitrogens with zero attached hydrogens (tertiary/aromatic N) is 2. The summed E-state index contributed by atoms with van der Waals surface area (Å²) in [5.74, 6) is 0. The van der Waals surface area contributed by atoms with Crippen molar-refractivity contribution < 1.29 is 0 Å². The maximum absolute atomic E-state index is 4.52. The third-order valence-electron chi connectivity index (χ3n) is 1.85. The summed E-state index contributed by atoms with van der Waals surface area (Å²) < 4.78 is 4.05. The lowest BCUT2D eigenvalue weighted by Crippen LogP contribution is -2.13. The molecule has 1 aromatic rings. The number of aryl methyl sites for hydroxylation is 1. The van der Waals surface area contributed by atoms with Gasteiger partial charge in [-0.25, -0.2) is 0 Å². The fourth-order valence-corrected chi connectivity index (χ4v) is 2.50. The van der Waals surface area contributed by atoms with Crippen molar-refractivity contribution in [1.29, 1.82) is 0 Å². The summed E-state index contributed by atoms with van der Waals surface area (Å²) in [6, 6.07) is 0. The molecular formula is C9H14Br2N2. The Morgan fingerprint density at radius 2 is 1.85 bits per heavy atom. The lowest BCUT2D eigenvalue weighted by Gasteiger charge is -2.15. The van der Waals surface area contributed by atoms with Gasteiger partial charge in [0.15, 0.2) is 0 Å². The molecule has 1 rings (SSSR count). The van der Waals surface area contributed by atoms with E-state index in [4.69, 9.17) is 0 Å². The first kappa shape index (κ1) is 11.2. The van der Waals surface area contributed by atoms with Crippen LogP contribution in [0.25, 0.3) is 0 Å². The summed E-state index contributed by atoms with van der Waals surface area (Å²) in [4.78, 5) is 0. The van der Waals surface area contributed by atoms with Crippen molar-refractivity contribution in [3.8, 4) is 0 Å². The molecule has 13 heavy (non-hydrogen) atoms. The minimum atomic E-state index is 0.0851. The van der Waals surface area contributed by atoms with Crippen LogP contribution in [0.4, 0.5) is 0 Å². The van der Waals surface area contributed by atoms with E-state index in [9.17, 15) is 0 Å². The normalized spacial score (nSPS) is 12.2. The van der Waals surface area contributed by atoms with Gasteiger partial charge in [-0.05, 0) is 38.8 Å². The maximum atomic E-state index is 4.52. The molecule has 0 saturated carbocycles. The van der Waals surface area contributed by atoms with E-state index in [0.29, 0.717) is 0 Å². The summed E-state index contributed by atoms with van der Waals surface area (Å²) in [7, 11) is 0. The highest BCUT2D eigenvalue weighted by atomic mass is 79.9. The molecule has 0 N–H and O–H groups in total. The smallest absolute Gasteiger partial charge is 0.118 e. The van der Waals surface area contributed by atoms with Crippen LogP contribution >= 0.6 is 31.9 Å². The van der Waals surface area contributed by atoms with Gasteiger partial charge in [0.05, 0.1) is 10.2 Å². The van der Waals surface area contributed by atoms with Crippen LogP contribution in [-0.2, 0) is 12.0 Å². The van der Waals surface area contributed by atoms with Crippen molar-refractivity contribution in [3.63, 3.8) is 0 Å². The van der Waals surface area contributed by atoms with E-state index in [1.165, 1.54) is 0 Å². The summed E-state index contributed by atoms with van der Waals surface area (Å²) in [6.45, 7) is 9.44. The van der Waals surface area contributed by atoms with Gasteiger partial charge in [-0.2, -0.15) is 5.10 Å². The van der Waals surface area contributed by atoms with E-state index in [-0.39, 0.29) is 5.41 Å². The zero-order chi connectivity index (χ0) is 10.2. The molecule has 0 aliphatic rings. The van der Waals surface area contributed by atoms with Crippen molar-refractivity contribution in [3.05, 3.63) is 14.8 Å². The van der Waals surface area contributed by atoms with Crippen molar-refractivity contribution in [2.45, 2.75) is 39.7 Å². The molecule has 74 valence electrons. The SMILES string of the molecule is CCn1nc(C(C)(C)C)c(Br)c1Br. The fourth-order valence-electron chi connectivity index (χ4n) is 1.11. The fraction of sp³-hybridized carbons (Fsp3) is 0.667. The zero-order valence-corrected chi connectivity index (χ0v) is 11.5. The molecule has 0 fully saturated rings.